The van der Waals surface area contributed by atoms with Crippen LogP contribution in [0.3, 0.4) is 0 Å². The van der Waals surface area contributed by atoms with E-state index in [-0.39, 0.29) is 22.6 Å². The summed E-state index contributed by atoms with van der Waals surface area (Å²) in [4.78, 5) is 21.0. The zero-order valence-corrected chi connectivity index (χ0v) is 24.0. The van der Waals surface area contributed by atoms with Crippen LogP contribution in [0.15, 0.2) is 89.6 Å². The number of hydrogen-bond donors (Lipinski definition) is 2. The van der Waals surface area contributed by atoms with Crippen LogP contribution >= 0.6 is 0 Å². The Morgan fingerprint density at radius 1 is 1.00 bits per heavy atom. The second-order valence-corrected chi connectivity index (χ2v) is 11.9. The van der Waals surface area contributed by atoms with Crippen LogP contribution in [-0.2, 0) is 10.0 Å². The number of furan rings is 1. The fourth-order valence-corrected chi connectivity index (χ4v) is 6.14. The summed E-state index contributed by atoms with van der Waals surface area (Å²) in [5.41, 5.74) is 4.41. The third-order valence-corrected chi connectivity index (χ3v) is 8.39. The van der Waals surface area contributed by atoms with Gasteiger partial charge in [0, 0.05) is 69.7 Å². The molecular formula is C32H26F2N4O4S. The normalized spacial score (nSPS) is 11.7. The largest absolute Gasteiger partial charge is 0.455 e. The number of benzene rings is 3. The first-order valence-electron chi connectivity index (χ1n) is 13.3. The fraction of sp³-hybridized carbons (Fsp3) is 0.125. The maximum atomic E-state index is 13.7. The molecule has 6 rings (SSSR count). The number of rotatable bonds is 8. The number of hydrogen-bond acceptors (Lipinski definition) is 5. The summed E-state index contributed by atoms with van der Waals surface area (Å²) < 4.78 is 60.4. The van der Waals surface area contributed by atoms with Gasteiger partial charge in [0.25, 0.3) is 5.91 Å². The Balaban J connectivity index is 1.63. The predicted octanol–water partition coefficient (Wildman–Crippen LogP) is 6.54. The molecule has 0 aliphatic carbocycles. The van der Waals surface area contributed by atoms with Crippen molar-refractivity contribution >= 4 is 43.5 Å². The number of amides is 1. The molecule has 3 aromatic heterocycles. The van der Waals surface area contributed by atoms with Crippen LogP contribution in [0.1, 0.15) is 10.4 Å². The molecule has 0 aliphatic heterocycles. The Hall–Kier alpha value is -5.03. The third kappa shape index (κ3) is 5.23. The molecule has 0 unspecified atom stereocenters. The van der Waals surface area contributed by atoms with Crippen LogP contribution in [-0.4, -0.2) is 50.8 Å². The van der Waals surface area contributed by atoms with E-state index in [4.69, 9.17) is 4.42 Å². The number of nitrogens with zero attached hydrogens (tertiary/aromatic N) is 2. The van der Waals surface area contributed by atoms with Gasteiger partial charge in [0.15, 0.2) is 0 Å². The average Bonchev–Trinajstić information content (AvgIpc) is 3.60. The average molecular weight is 601 g/mol. The van der Waals surface area contributed by atoms with Gasteiger partial charge in [-0.05, 0) is 48.5 Å². The highest BCUT2D eigenvalue weighted by atomic mass is 32.2. The van der Waals surface area contributed by atoms with Gasteiger partial charge in [-0.25, -0.2) is 17.2 Å². The Bertz CT molecular complexity index is 2070. The lowest BCUT2D eigenvalue weighted by atomic mass is 9.98. The quantitative estimate of drug-likeness (QED) is 0.206. The maximum absolute atomic E-state index is 13.7. The number of pyridine rings is 1. The SMILES string of the molecule is CNC(=O)c1c(-c2ccc(F)cc2)oc2cc(N(CCF)S(C)(=O)=O)c(-c3cncc(-c4cc5ccccc5[nH]4)c3)cc12. The highest BCUT2D eigenvalue weighted by Gasteiger charge is 2.27. The molecule has 0 fully saturated rings. The van der Waals surface area contributed by atoms with Crippen molar-refractivity contribution in [2.75, 3.05) is 30.8 Å². The van der Waals surface area contributed by atoms with Gasteiger partial charge < -0.3 is 14.7 Å². The van der Waals surface area contributed by atoms with Crippen LogP contribution in [0.25, 0.3) is 55.6 Å². The van der Waals surface area contributed by atoms with E-state index < -0.39 is 35.0 Å². The lowest BCUT2D eigenvalue weighted by Crippen LogP contribution is -2.32. The number of aromatic amines is 1. The smallest absolute Gasteiger partial charge is 0.255 e. The highest BCUT2D eigenvalue weighted by Crippen LogP contribution is 2.42. The number of carbonyl (C=O) groups excluding carboxylic acids is 1. The summed E-state index contributed by atoms with van der Waals surface area (Å²) in [6.07, 6.45) is 4.26. The van der Waals surface area contributed by atoms with Crippen LogP contribution in [0, 0.1) is 5.82 Å². The minimum absolute atomic E-state index is 0.158. The van der Waals surface area contributed by atoms with Crippen molar-refractivity contribution in [1.82, 2.24) is 15.3 Å². The standard InChI is InChI=1S/C32H26F2N4O4S/c1-35-32(39)30-25-15-24(21-13-22(18-36-17-21)27-14-20-5-3-4-6-26(20)37-27)28(38(12-11-33)43(2,40)41)16-29(25)42-31(30)19-7-9-23(34)10-8-19/h3-10,13-18,37H,11-12H2,1-2H3,(H,35,39). The zero-order chi connectivity index (χ0) is 30.3. The molecule has 0 radical (unpaired) electrons. The van der Waals surface area contributed by atoms with E-state index >= 15 is 0 Å². The molecule has 8 nitrogen and oxygen atoms in total. The van der Waals surface area contributed by atoms with Crippen molar-refractivity contribution in [3.8, 4) is 33.7 Å². The lowest BCUT2D eigenvalue weighted by Gasteiger charge is -2.24. The zero-order valence-electron chi connectivity index (χ0n) is 23.2. The van der Waals surface area contributed by atoms with Gasteiger partial charge in [0.05, 0.1) is 24.1 Å². The third-order valence-electron chi connectivity index (χ3n) is 7.21. The van der Waals surface area contributed by atoms with Gasteiger partial charge in [-0.15, -0.1) is 0 Å². The van der Waals surface area contributed by atoms with Gasteiger partial charge in [0.1, 0.15) is 23.8 Å². The fourth-order valence-electron chi connectivity index (χ4n) is 5.23. The van der Waals surface area contributed by atoms with E-state index in [1.807, 2.05) is 36.4 Å². The molecule has 11 heteroatoms. The van der Waals surface area contributed by atoms with Crippen molar-refractivity contribution in [2.45, 2.75) is 0 Å². The Morgan fingerprint density at radius 2 is 1.74 bits per heavy atom. The van der Waals surface area contributed by atoms with E-state index in [0.29, 0.717) is 22.1 Å². The van der Waals surface area contributed by atoms with E-state index in [0.717, 1.165) is 32.7 Å². The van der Waals surface area contributed by atoms with Crippen LogP contribution in [0.4, 0.5) is 14.5 Å². The summed E-state index contributed by atoms with van der Waals surface area (Å²) in [7, 11) is -2.46. The Kier molecular flexibility index (Phi) is 7.18. The Morgan fingerprint density at radius 3 is 2.44 bits per heavy atom. The lowest BCUT2D eigenvalue weighted by molar-refractivity contribution is 0.0964. The molecule has 0 bridgehead atoms. The molecular weight excluding hydrogens is 574 g/mol. The van der Waals surface area contributed by atoms with Crippen molar-refractivity contribution in [3.05, 3.63) is 96.6 Å². The second-order valence-electron chi connectivity index (χ2n) is 10.0. The van der Waals surface area contributed by atoms with E-state index in [1.54, 1.807) is 18.5 Å². The number of nitrogens with one attached hydrogen (secondary N) is 2. The van der Waals surface area contributed by atoms with E-state index in [1.165, 1.54) is 37.4 Å². The number of aromatic nitrogens is 2. The van der Waals surface area contributed by atoms with Crippen LogP contribution in [0.2, 0.25) is 0 Å². The monoisotopic (exact) mass is 600 g/mol. The second kappa shape index (κ2) is 11.0. The molecule has 0 saturated heterocycles. The molecule has 0 atom stereocenters. The Labute approximate surface area is 246 Å². The van der Waals surface area contributed by atoms with Gasteiger partial charge >= 0.3 is 0 Å². The maximum Gasteiger partial charge on any atom is 0.255 e. The topological polar surface area (TPSA) is 108 Å². The minimum Gasteiger partial charge on any atom is -0.455 e. The molecule has 3 aromatic carbocycles. The van der Waals surface area contributed by atoms with Gasteiger partial charge in [0.2, 0.25) is 10.0 Å². The number of carbonyl (C=O) groups is 1. The molecule has 1 amide bonds. The summed E-state index contributed by atoms with van der Waals surface area (Å²) in [6.45, 7) is -1.36. The van der Waals surface area contributed by atoms with Crippen molar-refractivity contribution in [2.24, 2.45) is 0 Å². The molecule has 2 N–H and O–H groups in total. The number of para-hydroxylation sites is 1. The van der Waals surface area contributed by atoms with Gasteiger partial charge in [-0.1, -0.05) is 18.2 Å². The molecule has 0 saturated carbocycles. The first-order chi connectivity index (χ1) is 20.7. The first kappa shape index (κ1) is 28.1. The summed E-state index contributed by atoms with van der Waals surface area (Å²) in [5, 5.41) is 4.02. The number of alkyl halides is 1. The first-order valence-corrected chi connectivity index (χ1v) is 15.2. The van der Waals surface area contributed by atoms with Crippen LogP contribution < -0.4 is 9.62 Å². The number of sulfonamides is 1. The van der Waals surface area contributed by atoms with Gasteiger partial charge in [-0.2, -0.15) is 0 Å². The van der Waals surface area contributed by atoms with Crippen LogP contribution in [0.5, 0.6) is 0 Å². The summed E-state index contributed by atoms with van der Waals surface area (Å²) in [6, 6.07) is 20.3. The predicted molar refractivity (Wildman–Crippen MR) is 164 cm³/mol. The molecule has 43 heavy (non-hydrogen) atoms. The number of fused-ring (bicyclic) bond motifs is 2. The minimum atomic E-state index is -3.94. The van der Waals surface area contributed by atoms with Crippen molar-refractivity contribution in [3.63, 3.8) is 0 Å². The molecule has 6 aromatic rings. The highest BCUT2D eigenvalue weighted by molar-refractivity contribution is 7.92. The summed E-state index contributed by atoms with van der Waals surface area (Å²) >= 11 is 0. The summed E-state index contributed by atoms with van der Waals surface area (Å²) in [5.74, 6) is -0.729. The molecule has 0 spiro atoms. The number of anilines is 1. The molecule has 3 heterocycles. The number of halogens is 2. The van der Waals surface area contributed by atoms with Crippen molar-refractivity contribution < 1.29 is 26.4 Å². The van der Waals surface area contributed by atoms with E-state index in [2.05, 4.69) is 15.3 Å². The molecule has 218 valence electrons. The van der Waals surface area contributed by atoms with Crippen molar-refractivity contribution in [1.29, 1.82) is 0 Å². The number of H-pyrrole nitrogens is 1. The molecule has 0 aliphatic rings. The van der Waals surface area contributed by atoms with Gasteiger partial charge in [-0.3, -0.25) is 14.1 Å². The van der Waals surface area contributed by atoms with E-state index in [9.17, 15) is 22.0 Å².